The minimum Gasteiger partial charge on any atom is -0.515 e. The van der Waals surface area contributed by atoms with Crippen LogP contribution in [-0.2, 0) is 6.42 Å². The van der Waals surface area contributed by atoms with E-state index in [2.05, 4.69) is 0 Å². The number of aryl methyl sites for hydroxylation is 1. The predicted octanol–water partition coefficient (Wildman–Crippen LogP) is 2.32. The molecule has 12 heavy (non-hydrogen) atoms. The van der Waals surface area contributed by atoms with Gasteiger partial charge in [-0.1, -0.05) is 0 Å². The number of carbonyl (C=O) groups excluding carboxylic acids is 1. The van der Waals surface area contributed by atoms with Crippen molar-refractivity contribution in [1.82, 2.24) is 0 Å². The maximum atomic E-state index is 11.5. The maximum absolute atomic E-state index is 11.5. The van der Waals surface area contributed by atoms with Gasteiger partial charge >= 0.3 is 0 Å². The van der Waals surface area contributed by atoms with E-state index in [-0.39, 0.29) is 5.78 Å². The maximum Gasteiger partial charge on any atom is 0.193 e. The Morgan fingerprint density at radius 2 is 2.33 bits per heavy atom. The second-order valence-electron chi connectivity index (χ2n) is 2.74. The molecule has 0 aliphatic heterocycles. The van der Waals surface area contributed by atoms with Crippen LogP contribution >= 0.6 is 11.3 Å². The Kier molecular flexibility index (Phi) is 1.73. The van der Waals surface area contributed by atoms with Crippen molar-refractivity contribution in [2.45, 2.75) is 12.8 Å². The predicted molar refractivity (Wildman–Crippen MR) is 47.7 cm³/mol. The number of hydrogen-bond acceptors (Lipinski definition) is 3. The van der Waals surface area contributed by atoms with Gasteiger partial charge in [0, 0.05) is 16.0 Å². The highest BCUT2D eigenvalue weighted by Crippen LogP contribution is 2.28. The fraction of sp³-hybridized carbons (Fsp3) is 0.222. The number of aliphatic hydroxyl groups excluding tert-OH is 1. The summed E-state index contributed by atoms with van der Waals surface area (Å²) in [6.45, 7) is 0. The van der Waals surface area contributed by atoms with Crippen molar-refractivity contribution in [2.75, 3.05) is 0 Å². The van der Waals surface area contributed by atoms with Crippen molar-refractivity contribution in [3.05, 3.63) is 33.7 Å². The van der Waals surface area contributed by atoms with Gasteiger partial charge < -0.3 is 5.11 Å². The van der Waals surface area contributed by atoms with Gasteiger partial charge in [0.25, 0.3) is 0 Å². The summed E-state index contributed by atoms with van der Waals surface area (Å²) in [5, 5.41) is 10.7. The zero-order valence-electron chi connectivity index (χ0n) is 6.41. The van der Waals surface area contributed by atoms with Crippen LogP contribution in [0.1, 0.15) is 21.7 Å². The van der Waals surface area contributed by atoms with Gasteiger partial charge in [0.15, 0.2) is 5.78 Å². The Balaban J connectivity index is 2.49. The first-order chi connectivity index (χ1) is 5.83. The lowest BCUT2D eigenvalue weighted by Gasteiger charge is -2.11. The summed E-state index contributed by atoms with van der Waals surface area (Å²) < 4.78 is 0. The first kappa shape index (κ1) is 7.55. The molecule has 0 bridgehead atoms. The van der Waals surface area contributed by atoms with Crippen LogP contribution in [0.3, 0.4) is 0 Å². The van der Waals surface area contributed by atoms with E-state index in [0.717, 1.165) is 23.1 Å². The van der Waals surface area contributed by atoms with E-state index in [9.17, 15) is 4.79 Å². The third kappa shape index (κ3) is 0.975. The Labute approximate surface area is 74.2 Å². The molecule has 0 atom stereocenters. The highest BCUT2D eigenvalue weighted by molar-refractivity contribution is 7.10. The molecule has 0 spiro atoms. The van der Waals surface area contributed by atoms with Gasteiger partial charge in [0.2, 0.25) is 0 Å². The van der Waals surface area contributed by atoms with Crippen LogP contribution in [0, 0.1) is 0 Å². The molecule has 3 heteroatoms. The molecule has 0 amide bonds. The molecule has 0 aromatic carbocycles. The number of ketones is 1. The quantitative estimate of drug-likeness (QED) is 0.491. The second kappa shape index (κ2) is 2.75. The summed E-state index contributed by atoms with van der Waals surface area (Å²) in [5.74, 6) is -0.0139. The first-order valence-electron chi connectivity index (χ1n) is 3.77. The summed E-state index contributed by atoms with van der Waals surface area (Å²) in [6, 6.07) is 1.82. The van der Waals surface area contributed by atoms with E-state index in [4.69, 9.17) is 5.11 Å². The molecule has 1 aliphatic carbocycles. The lowest BCUT2D eigenvalue weighted by Crippen LogP contribution is -2.11. The zero-order chi connectivity index (χ0) is 8.55. The SMILES string of the molecule is O=C1/C(=C/O)CCc2sccc21. The molecule has 1 N–H and O–H groups in total. The van der Waals surface area contributed by atoms with Gasteiger partial charge in [0.1, 0.15) is 0 Å². The van der Waals surface area contributed by atoms with Gasteiger partial charge in [-0.3, -0.25) is 4.79 Å². The monoisotopic (exact) mass is 180 g/mol. The lowest BCUT2D eigenvalue weighted by molar-refractivity contribution is 0.102. The molecule has 0 fully saturated rings. The van der Waals surface area contributed by atoms with Crippen molar-refractivity contribution in [1.29, 1.82) is 0 Å². The number of rotatable bonds is 0. The van der Waals surface area contributed by atoms with E-state index in [1.807, 2.05) is 11.4 Å². The third-order valence-electron chi connectivity index (χ3n) is 2.06. The van der Waals surface area contributed by atoms with E-state index in [0.29, 0.717) is 12.0 Å². The zero-order valence-corrected chi connectivity index (χ0v) is 7.23. The molecule has 1 aromatic heterocycles. The molecule has 1 heterocycles. The van der Waals surface area contributed by atoms with Crippen molar-refractivity contribution < 1.29 is 9.90 Å². The molecular weight excluding hydrogens is 172 g/mol. The normalized spacial score (nSPS) is 19.7. The highest BCUT2D eigenvalue weighted by atomic mass is 32.1. The number of allylic oxidation sites excluding steroid dienone is 1. The average molecular weight is 180 g/mol. The molecule has 1 aliphatic rings. The van der Waals surface area contributed by atoms with Crippen LogP contribution in [0.15, 0.2) is 23.3 Å². The lowest BCUT2D eigenvalue weighted by atomic mass is 9.94. The number of aliphatic hydroxyl groups is 1. The number of thiophene rings is 1. The third-order valence-corrected chi connectivity index (χ3v) is 3.04. The molecule has 2 rings (SSSR count). The Hall–Kier alpha value is -1.09. The molecule has 0 unspecified atom stereocenters. The summed E-state index contributed by atoms with van der Waals surface area (Å²) >= 11 is 1.61. The van der Waals surface area contributed by atoms with Crippen molar-refractivity contribution in [3.63, 3.8) is 0 Å². The minimum absolute atomic E-state index is 0.0139. The largest absolute Gasteiger partial charge is 0.515 e. The van der Waals surface area contributed by atoms with Gasteiger partial charge in [-0.15, -0.1) is 11.3 Å². The Bertz CT molecular complexity index is 349. The molecule has 2 nitrogen and oxygen atoms in total. The van der Waals surface area contributed by atoms with Crippen LogP contribution < -0.4 is 0 Å². The summed E-state index contributed by atoms with van der Waals surface area (Å²) in [6.07, 6.45) is 2.48. The average Bonchev–Trinajstić information content (AvgIpc) is 2.53. The Morgan fingerprint density at radius 3 is 3.08 bits per heavy atom. The molecule has 0 saturated heterocycles. The first-order valence-corrected chi connectivity index (χ1v) is 4.65. The summed E-state index contributed by atoms with van der Waals surface area (Å²) in [7, 11) is 0. The number of hydrogen-bond donors (Lipinski definition) is 1. The number of carbonyl (C=O) groups is 1. The summed E-state index contributed by atoms with van der Waals surface area (Å²) in [5.41, 5.74) is 1.30. The van der Waals surface area contributed by atoms with Crippen LogP contribution in [0.2, 0.25) is 0 Å². The number of Topliss-reactive ketones (excluding diaryl/α,β-unsaturated/α-hetero) is 1. The minimum atomic E-state index is -0.0139. The van der Waals surface area contributed by atoms with E-state index in [1.54, 1.807) is 11.3 Å². The van der Waals surface area contributed by atoms with Crippen LogP contribution in [0.5, 0.6) is 0 Å². The van der Waals surface area contributed by atoms with Gasteiger partial charge in [-0.25, -0.2) is 0 Å². The van der Waals surface area contributed by atoms with Crippen molar-refractivity contribution in [3.8, 4) is 0 Å². The summed E-state index contributed by atoms with van der Waals surface area (Å²) in [4.78, 5) is 12.6. The molecule has 0 radical (unpaired) electrons. The fourth-order valence-corrected chi connectivity index (χ4v) is 2.27. The van der Waals surface area contributed by atoms with Gasteiger partial charge in [0.05, 0.1) is 6.26 Å². The standard InChI is InChI=1S/C9H8O2S/c10-5-6-1-2-8-7(9(6)11)3-4-12-8/h3-5,10H,1-2H2/b6-5+. The molecular formula is C9H8O2S. The smallest absolute Gasteiger partial charge is 0.193 e. The van der Waals surface area contributed by atoms with Crippen molar-refractivity contribution >= 4 is 17.1 Å². The van der Waals surface area contributed by atoms with Crippen LogP contribution in [0.4, 0.5) is 0 Å². The van der Waals surface area contributed by atoms with Gasteiger partial charge in [-0.2, -0.15) is 0 Å². The van der Waals surface area contributed by atoms with E-state index < -0.39 is 0 Å². The number of fused-ring (bicyclic) bond motifs is 1. The van der Waals surface area contributed by atoms with Crippen molar-refractivity contribution in [2.24, 2.45) is 0 Å². The topological polar surface area (TPSA) is 37.3 Å². The van der Waals surface area contributed by atoms with Crippen LogP contribution in [-0.4, -0.2) is 10.9 Å². The van der Waals surface area contributed by atoms with E-state index in [1.165, 1.54) is 0 Å². The van der Waals surface area contributed by atoms with Gasteiger partial charge in [-0.05, 0) is 24.3 Å². The Morgan fingerprint density at radius 1 is 1.50 bits per heavy atom. The fourth-order valence-electron chi connectivity index (χ4n) is 1.39. The molecule has 0 saturated carbocycles. The second-order valence-corrected chi connectivity index (χ2v) is 3.74. The highest BCUT2D eigenvalue weighted by Gasteiger charge is 2.22. The van der Waals surface area contributed by atoms with Crippen LogP contribution in [0.25, 0.3) is 0 Å². The molecule has 62 valence electrons. The molecule has 1 aromatic rings. The van der Waals surface area contributed by atoms with E-state index >= 15 is 0 Å².